The number of nitrogens with zero attached hydrogens (tertiary/aromatic N) is 4. The molecule has 1 saturated carbocycles. The van der Waals surface area contributed by atoms with Gasteiger partial charge in [-0.2, -0.15) is 5.10 Å². The Morgan fingerprint density at radius 3 is 2.63 bits per heavy atom. The molecule has 3 heterocycles. The highest BCUT2D eigenvalue weighted by Crippen LogP contribution is 2.43. The molecule has 2 N–H and O–H groups in total. The molecule has 1 aromatic carbocycles. The maximum atomic E-state index is 14.3. The van der Waals surface area contributed by atoms with Crippen LogP contribution in [0.5, 0.6) is 0 Å². The topological polar surface area (TPSA) is 91.5 Å². The Morgan fingerprint density at radius 1 is 1.23 bits per heavy atom. The number of hydrogen-bond donors (Lipinski definition) is 2. The van der Waals surface area contributed by atoms with Crippen molar-refractivity contribution in [2.24, 2.45) is 0 Å². The number of para-hydroxylation sites is 1. The summed E-state index contributed by atoms with van der Waals surface area (Å²) < 4.78 is 15.9. The molecule has 1 saturated heterocycles. The quantitative estimate of drug-likeness (QED) is 0.671. The molecule has 1 aliphatic carbocycles. The Hall–Kier alpha value is -3.00. The molecule has 8 heteroatoms. The van der Waals surface area contributed by atoms with E-state index in [1.165, 1.54) is 6.07 Å². The fraction of sp³-hybridized carbons (Fsp3) is 0.409. The van der Waals surface area contributed by atoms with E-state index < -0.39 is 18.2 Å². The Kier molecular flexibility index (Phi) is 4.66. The molecule has 3 aromatic rings. The van der Waals surface area contributed by atoms with Crippen LogP contribution in [0.25, 0.3) is 16.7 Å². The fourth-order valence-corrected chi connectivity index (χ4v) is 4.50. The fourth-order valence-electron chi connectivity index (χ4n) is 4.50. The lowest BCUT2D eigenvalue weighted by Gasteiger charge is -2.28. The zero-order valence-electron chi connectivity index (χ0n) is 16.4. The molecule has 2 aromatic heterocycles. The number of carbonyl (C=O) groups is 1. The number of hydrogen-bond acceptors (Lipinski definition) is 5. The molecule has 2 atom stereocenters. The van der Waals surface area contributed by atoms with Crippen molar-refractivity contribution < 1.29 is 19.4 Å². The van der Waals surface area contributed by atoms with E-state index in [1.807, 2.05) is 30.3 Å². The summed E-state index contributed by atoms with van der Waals surface area (Å²) in [4.78, 5) is 18.1. The van der Waals surface area contributed by atoms with E-state index in [0.29, 0.717) is 11.3 Å². The summed E-state index contributed by atoms with van der Waals surface area (Å²) in [7, 11) is 0. The number of carboxylic acid groups (broad SMARTS) is 1. The van der Waals surface area contributed by atoms with Crippen LogP contribution >= 0.6 is 0 Å². The summed E-state index contributed by atoms with van der Waals surface area (Å²) in [6.07, 6.45) is 2.28. The van der Waals surface area contributed by atoms with Crippen LogP contribution in [-0.2, 0) is 0 Å². The second kappa shape index (κ2) is 7.36. The molecule has 0 unspecified atom stereocenters. The van der Waals surface area contributed by atoms with Crippen molar-refractivity contribution >= 4 is 22.7 Å². The van der Waals surface area contributed by atoms with Gasteiger partial charge >= 0.3 is 5.97 Å². The number of halogens is 1. The van der Waals surface area contributed by atoms with E-state index in [4.69, 9.17) is 5.10 Å². The third-order valence-electron chi connectivity index (χ3n) is 6.24. The van der Waals surface area contributed by atoms with E-state index >= 15 is 0 Å². The highest BCUT2D eigenvalue weighted by Gasteiger charge is 2.36. The molecule has 2 fully saturated rings. The smallest absolute Gasteiger partial charge is 0.354 e. The van der Waals surface area contributed by atoms with Crippen LogP contribution in [0.3, 0.4) is 0 Å². The summed E-state index contributed by atoms with van der Waals surface area (Å²) in [5.74, 6) is -0.884. The molecule has 5 rings (SSSR count). The first-order chi connectivity index (χ1) is 14.6. The van der Waals surface area contributed by atoms with Crippen LogP contribution in [0.2, 0.25) is 0 Å². The average Bonchev–Trinajstić information content (AvgIpc) is 3.27. The number of fused-ring (bicyclic) bond motifs is 1. The van der Waals surface area contributed by atoms with E-state index in [0.717, 1.165) is 36.0 Å². The third kappa shape index (κ3) is 3.02. The molecular weight excluding hydrogens is 387 g/mol. The number of aliphatic hydroxyl groups excluding tert-OH is 1. The Labute approximate surface area is 172 Å². The number of anilines is 1. The molecule has 7 nitrogen and oxygen atoms in total. The van der Waals surface area contributed by atoms with Crippen molar-refractivity contribution in [2.75, 3.05) is 18.1 Å². The highest BCUT2D eigenvalue weighted by molar-refractivity contribution is 5.98. The lowest BCUT2D eigenvalue weighted by molar-refractivity contribution is 0.0691. The Morgan fingerprint density at radius 2 is 2.00 bits per heavy atom. The SMILES string of the molecule is O=C(O)c1cc(N2C[C@@H](F)C[C@@H]2CO)c2c(C3CCC3)nn(-c3ccccc3)c2n1. The van der Waals surface area contributed by atoms with Crippen molar-refractivity contribution in [3.05, 3.63) is 47.8 Å². The van der Waals surface area contributed by atoms with E-state index in [9.17, 15) is 19.4 Å². The van der Waals surface area contributed by atoms with Gasteiger partial charge in [-0.3, -0.25) is 0 Å². The van der Waals surface area contributed by atoms with E-state index in [1.54, 1.807) is 9.58 Å². The van der Waals surface area contributed by atoms with Crippen molar-refractivity contribution in [1.82, 2.24) is 14.8 Å². The van der Waals surface area contributed by atoms with Crippen LogP contribution in [-0.4, -0.2) is 56.3 Å². The normalized spacial score (nSPS) is 21.9. The van der Waals surface area contributed by atoms with Crippen LogP contribution in [0.15, 0.2) is 36.4 Å². The van der Waals surface area contributed by atoms with E-state index in [-0.39, 0.29) is 31.2 Å². The third-order valence-corrected chi connectivity index (χ3v) is 6.24. The maximum Gasteiger partial charge on any atom is 0.354 e. The van der Waals surface area contributed by atoms with Gasteiger partial charge in [0.25, 0.3) is 0 Å². The van der Waals surface area contributed by atoms with Gasteiger partial charge in [0.2, 0.25) is 0 Å². The van der Waals surface area contributed by atoms with Gasteiger partial charge in [-0.05, 0) is 31.0 Å². The molecule has 0 amide bonds. The number of pyridine rings is 1. The molecule has 0 radical (unpaired) electrons. The number of aliphatic hydroxyl groups is 1. The van der Waals surface area contributed by atoms with Gasteiger partial charge < -0.3 is 15.1 Å². The maximum absolute atomic E-state index is 14.3. The number of rotatable bonds is 5. The monoisotopic (exact) mass is 410 g/mol. The van der Waals surface area contributed by atoms with Gasteiger partial charge in [0, 0.05) is 18.9 Å². The molecule has 156 valence electrons. The number of alkyl halides is 1. The molecule has 2 aliphatic rings. The molecule has 1 aliphatic heterocycles. The standard InChI is InChI=1S/C22H23FN4O3/c23-14-9-16(12-28)26(11-14)18-10-17(22(29)30)24-21-19(18)20(13-5-4-6-13)25-27(21)15-7-2-1-3-8-15/h1-3,7-8,10,13-14,16,28H,4-6,9,11-12H2,(H,29,30)/t14-,16+/m0/s1. The second-order valence-electron chi connectivity index (χ2n) is 8.11. The van der Waals surface area contributed by atoms with Crippen LogP contribution in [0.4, 0.5) is 10.1 Å². The van der Waals surface area contributed by atoms with Gasteiger partial charge in [0.15, 0.2) is 11.3 Å². The summed E-state index contributed by atoms with van der Waals surface area (Å²) in [5.41, 5.74) is 2.60. The number of aromatic carboxylic acids is 1. The lowest BCUT2D eigenvalue weighted by Crippen LogP contribution is -2.32. The van der Waals surface area contributed by atoms with Gasteiger partial charge in [-0.1, -0.05) is 24.6 Å². The summed E-state index contributed by atoms with van der Waals surface area (Å²) in [6.45, 7) is -0.0811. The van der Waals surface area contributed by atoms with Gasteiger partial charge in [0.1, 0.15) is 6.17 Å². The zero-order chi connectivity index (χ0) is 20.8. The van der Waals surface area contributed by atoms with Crippen LogP contribution < -0.4 is 4.90 Å². The largest absolute Gasteiger partial charge is 0.477 e. The minimum Gasteiger partial charge on any atom is -0.477 e. The number of carboxylic acids is 1. The number of benzene rings is 1. The van der Waals surface area contributed by atoms with Crippen molar-refractivity contribution in [2.45, 2.75) is 43.8 Å². The molecule has 0 spiro atoms. The van der Waals surface area contributed by atoms with E-state index in [2.05, 4.69) is 4.98 Å². The minimum absolute atomic E-state index is 0.115. The van der Waals surface area contributed by atoms with Crippen molar-refractivity contribution in [3.63, 3.8) is 0 Å². The predicted octanol–water partition coefficient (Wildman–Crippen LogP) is 3.30. The Balaban J connectivity index is 1.80. The van der Waals surface area contributed by atoms with Gasteiger partial charge in [-0.15, -0.1) is 0 Å². The lowest BCUT2D eigenvalue weighted by atomic mass is 9.82. The molecule has 0 bridgehead atoms. The highest BCUT2D eigenvalue weighted by atomic mass is 19.1. The summed E-state index contributed by atoms with van der Waals surface area (Å²) in [6, 6.07) is 10.6. The molecular formula is C22H23FN4O3. The first kappa shape index (κ1) is 19.0. The van der Waals surface area contributed by atoms with Crippen LogP contribution in [0, 0.1) is 0 Å². The van der Waals surface area contributed by atoms with Gasteiger partial charge in [0.05, 0.1) is 35.1 Å². The first-order valence-electron chi connectivity index (χ1n) is 10.3. The average molecular weight is 410 g/mol. The minimum atomic E-state index is -1.15. The predicted molar refractivity (Wildman–Crippen MR) is 110 cm³/mol. The number of aromatic nitrogens is 3. The second-order valence-corrected chi connectivity index (χ2v) is 8.11. The zero-order valence-corrected chi connectivity index (χ0v) is 16.4. The van der Waals surface area contributed by atoms with Gasteiger partial charge in [-0.25, -0.2) is 18.9 Å². The van der Waals surface area contributed by atoms with Crippen molar-refractivity contribution in [1.29, 1.82) is 0 Å². The summed E-state index contributed by atoms with van der Waals surface area (Å²) >= 11 is 0. The molecule has 30 heavy (non-hydrogen) atoms. The van der Waals surface area contributed by atoms with Crippen molar-refractivity contribution in [3.8, 4) is 5.69 Å². The summed E-state index contributed by atoms with van der Waals surface area (Å²) in [5, 5.41) is 25.1. The van der Waals surface area contributed by atoms with Crippen LogP contribution in [0.1, 0.15) is 47.8 Å². The first-order valence-corrected chi connectivity index (χ1v) is 10.3. The Bertz CT molecular complexity index is 1100.